The summed E-state index contributed by atoms with van der Waals surface area (Å²) in [5, 5.41) is 9.74. The van der Waals surface area contributed by atoms with Crippen molar-refractivity contribution in [3.63, 3.8) is 0 Å². The van der Waals surface area contributed by atoms with E-state index >= 15 is 0 Å². The molecule has 1 aromatic heterocycles. The van der Waals surface area contributed by atoms with Gasteiger partial charge in [0.2, 0.25) is 15.4 Å². The Morgan fingerprint density at radius 3 is 2.60 bits per heavy atom. The lowest BCUT2D eigenvalue weighted by atomic mass is 9.97. The molecule has 0 fully saturated rings. The van der Waals surface area contributed by atoms with Crippen molar-refractivity contribution in [2.45, 2.75) is 43.5 Å². The monoisotopic (exact) mass is 340 g/mol. The first-order chi connectivity index (χ1) is 9.22. The number of halogens is 1. The molecule has 1 amide bonds. The maximum absolute atomic E-state index is 12.2. The molecule has 0 aliphatic rings. The van der Waals surface area contributed by atoms with Gasteiger partial charge in [-0.25, -0.2) is 13.1 Å². The molecule has 20 heavy (non-hydrogen) atoms. The van der Waals surface area contributed by atoms with Gasteiger partial charge in [-0.15, -0.1) is 21.8 Å². The molecule has 0 saturated heterocycles. The molecule has 1 heterocycles. The van der Waals surface area contributed by atoms with Gasteiger partial charge >= 0.3 is 0 Å². The molecule has 2 N–H and O–H groups in total. The molecule has 1 rings (SSSR count). The second kappa shape index (κ2) is 6.79. The van der Waals surface area contributed by atoms with E-state index in [1.807, 2.05) is 6.92 Å². The molecular weight excluding hydrogens is 324 g/mol. The Bertz CT molecular complexity index is 575. The van der Waals surface area contributed by atoms with Crippen LogP contribution in [0.2, 0.25) is 0 Å². The quantitative estimate of drug-likeness (QED) is 0.579. The number of carbonyl (C=O) groups is 1. The van der Waals surface area contributed by atoms with Gasteiger partial charge in [-0.1, -0.05) is 18.3 Å². The van der Waals surface area contributed by atoms with E-state index in [9.17, 15) is 13.2 Å². The zero-order chi connectivity index (χ0) is 15.4. The fraction of sp³-hybridized carbons (Fsp3) is 0.700. The molecule has 0 aliphatic carbocycles. The average molecular weight is 341 g/mol. The minimum atomic E-state index is -3.78. The Kier molecular flexibility index (Phi) is 5.87. The Morgan fingerprint density at radius 1 is 1.45 bits per heavy atom. The van der Waals surface area contributed by atoms with Crippen molar-refractivity contribution < 1.29 is 13.2 Å². The Labute approximate surface area is 127 Å². The highest BCUT2D eigenvalue weighted by molar-refractivity contribution is 7.91. The largest absolute Gasteiger partial charge is 0.301 e. The molecule has 0 spiro atoms. The lowest BCUT2D eigenvalue weighted by Gasteiger charge is -2.27. The lowest BCUT2D eigenvalue weighted by Crippen LogP contribution is -2.45. The van der Waals surface area contributed by atoms with Gasteiger partial charge in [0.1, 0.15) is 0 Å². The number of sulfonamides is 1. The predicted molar refractivity (Wildman–Crippen MR) is 78.6 cm³/mol. The molecule has 0 bridgehead atoms. The van der Waals surface area contributed by atoms with Gasteiger partial charge in [0.05, 0.1) is 0 Å². The second-order valence-electron chi connectivity index (χ2n) is 4.51. The number of carbonyl (C=O) groups excluding carboxylic acids is 1. The SMILES string of the molecule is CCC(C)(CCCl)NS(=O)(=O)c1nnc(NC(C)=O)s1. The number of hydrogen-bond acceptors (Lipinski definition) is 6. The van der Waals surface area contributed by atoms with Crippen molar-refractivity contribution in [3.05, 3.63) is 0 Å². The summed E-state index contributed by atoms with van der Waals surface area (Å²) in [6, 6.07) is 0. The molecule has 0 aliphatic heterocycles. The van der Waals surface area contributed by atoms with Crippen LogP contribution >= 0.6 is 22.9 Å². The average Bonchev–Trinajstić information content (AvgIpc) is 2.77. The molecule has 0 radical (unpaired) electrons. The first-order valence-electron chi connectivity index (χ1n) is 5.93. The number of alkyl halides is 1. The topological polar surface area (TPSA) is 101 Å². The van der Waals surface area contributed by atoms with Gasteiger partial charge in [-0.05, 0) is 19.8 Å². The number of rotatable bonds is 7. The first kappa shape index (κ1) is 17.3. The van der Waals surface area contributed by atoms with Gasteiger partial charge in [-0.3, -0.25) is 4.79 Å². The fourth-order valence-corrected chi connectivity index (χ4v) is 4.27. The van der Waals surface area contributed by atoms with Gasteiger partial charge < -0.3 is 5.32 Å². The highest BCUT2D eigenvalue weighted by Crippen LogP contribution is 2.23. The summed E-state index contributed by atoms with van der Waals surface area (Å²) in [7, 11) is -3.78. The number of nitrogens with zero attached hydrogens (tertiary/aromatic N) is 2. The first-order valence-corrected chi connectivity index (χ1v) is 8.77. The minimum absolute atomic E-state index is 0.147. The Morgan fingerprint density at radius 2 is 2.10 bits per heavy atom. The molecule has 114 valence electrons. The lowest BCUT2D eigenvalue weighted by molar-refractivity contribution is -0.114. The molecule has 10 heteroatoms. The van der Waals surface area contributed by atoms with Crippen molar-refractivity contribution in [1.82, 2.24) is 14.9 Å². The third-order valence-corrected chi connectivity index (χ3v) is 5.76. The third-order valence-electron chi connectivity index (χ3n) is 2.73. The summed E-state index contributed by atoms with van der Waals surface area (Å²) < 4.78 is 26.8. The minimum Gasteiger partial charge on any atom is -0.301 e. The second-order valence-corrected chi connectivity index (χ2v) is 7.72. The number of hydrogen-bond donors (Lipinski definition) is 2. The highest BCUT2D eigenvalue weighted by atomic mass is 35.5. The summed E-state index contributed by atoms with van der Waals surface area (Å²) in [5.74, 6) is 0.0127. The van der Waals surface area contributed by atoms with E-state index in [4.69, 9.17) is 11.6 Å². The van der Waals surface area contributed by atoms with Crippen LogP contribution in [0, 0.1) is 0 Å². The van der Waals surface area contributed by atoms with E-state index in [1.165, 1.54) is 6.92 Å². The van der Waals surface area contributed by atoms with Crippen LogP contribution in [0.25, 0.3) is 0 Å². The van der Waals surface area contributed by atoms with Gasteiger partial charge in [-0.2, -0.15) is 0 Å². The fourth-order valence-electron chi connectivity index (χ4n) is 1.40. The highest BCUT2D eigenvalue weighted by Gasteiger charge is 2.31. The Balaban J connectivity index is 2.93. The van der Waals surface area contributed by atoms with E-state index in [1.54, 1.807) is 6.92 Å². The summed E-state index contributed by atoms with van der Waals surface area (Å²) in [6.45, 7) is 4.96. The maximum atomic E-state index is 12.2. The van der Waals surface area contributed by atoms with Crippen LogP contribution in [0.3, 0.4) is 0 Å². The normalized spacial score (nSPS) is 14.8. The van der Waals surface area contributed by atoms with Crippen LogP contribution in [0.1, 0.15) is 33.6 Å². The van der Waals surface area contributed by atoms with Gasteiger partial charge in [0, 0.05) is 18.3 Å². The summed E-state index contributed by atoms with van der Waals surface area (Å²) >= 11 is 6.49. The smallest absolute Gasteiger partial charge is 0.270 e. The summed E-state index contributed by atoms with van der Waals surface area (Å²) in [6.07, 6.45) is 1.10. The number of aromatic nitrogens is 2. The van der Waals surface area contributed by atoms with Crippen LogP contribution in [0.15, 0.2) is 4.34 Å². The van der Waals surface area contributed by atoms with Crippen molar-refractivity contribution in [1.29, 1.82) is 0 Å². The summed E-state index contributed by atoms with van der Waals surface area (Å²) in [5.41, 5.74) is -0.638. The Hall–Kier alpha value is -0.770. The van der Waals surface area contributed by atoms with Crippen LogP contribution in [0.4, 0.5) is 5.13 Å². The van der Waals surface area contributed by atoms with Crippen LogP contribution in [0.5, 0.6) is 0 Å². The standard InChI is InChI=1S/C10H17ClN4O3S2/c1-4-10(3,5-6-11)15-20(17,18)9-14-13-8(19-9)12-7(2)16/h15H,4-6H2,1-3H3,(H,12,13,16). The molecule has 7 nitrogen and oxygen atoms in total. The van der Waals surface area contributed by atoms with Crippen molar-refractivity contribution in [2.75, 3.05) is 11.2 Å². The van der Waals surface area contributed by atoms with Crippen molar-refractivity contribution >= 4 is 44.0 Å². The van der Waals surface area contributed by atoms with Gasteiger partial charge in [0.15, 0.2) is 0 Å². The van der Waals surface area contributed by atoms with Crippen LogP contribution < -0.4 is 10.0 Å². The van der Waals surface area contributed by atoms with E-state index in [0.717, 1.165) is 11.3 Å². The van der Waals surface area contributed by atoms with Crippen LogP contribution in [-0.4, -0.2) is 35.9 Å². The predicted octanol–water partition coefficient (Wildman–Crippen LogP) is 1.57. The van der Waals surface area contributed by atoms with E-state index in [2.05, 4.69) is 20.2 Å². The number of nitrogens with one attached hydrogen (secondary N) is 2. The zero-order valence-corrected chi connectivity index (χ0v) is 13.8. The molecule has 0 saturated carbocycles. The van der Waals surface area contributed by atoms with Gasteiger partial charge in [0.25, 0.3) is 10.0 Å². The number of amides is 1. The maximum Gasteiger partial charge on any atom is 0.270 e. The molecule has 1 aromatic rings. The summed E-state index contributed by atoms with van der Waals surface area (Å²) in [4.78, 5) is 10.9. The molecule has 0 aromatic carbocycles. The number of anilines is 1. The third kappa shape index (κ3) is 4.65. The molecule has 1 unspecified atom stereocenters. The molecule has 1 atom stereocenters. The zero-order valence-electron chi connectivity index (χ0n) is 11.4. The van der Waals surface area contributed by atoms with Crippen LogP contribution in [-0.2, 0) is 14.8 Å². The van der Waals surface area contributed by atoms with E-state index < -0.39 is 15.6 Å². The van der Waals surface area contributed by atoms with E-state index in [0.29, 0.717) is 18.7 Å². The molecular formula is C10H17ClN4O3S2. The van der Waals surface area contributed by atoms with E-state index in [-0.39, 0.29) is 15.4 Å². The van der Waals surface area contributed by atoms with Crippen molar-refractivity contribution in [3.8, 4) is 0 Å². The van der Waals surface area contributed by atoms with Crippen molar-refractivity contribution in [2.24, 2.45) is 0 Å².